The van der Waals surface area contributed by atoms with Gasteiger partial charge in [-0.3, -0.25) is 14.5 Å². The summed E-state index contributed by atoms with van der Waals surface area (Å²) in [5.74, 6) is 0.230. The number of nitrogens with two attached hydrogens (primary N) is 1. The minimum atomic E-state index is -0.680. The van der Waals surface area contributed by atoms with Gasteiger partial charge in [-0.15, -0.1) is 0 Å². The first-order chi connectivity index (χ1) is 8.11. The third kappa shape index (κ3) is 2.29. The lowest BCUT2D eigenvalue weighted by molar-refractivity contribution is -0.139. The van der Waals surface area contributed by atoms with Gasteiger partial charge in [0, 0.05) is 0 Å². The zero-order valence-electron chi connectivity index (χ0n) is 9.55. The molecule has 2 N–H and O–H groups in total. The average Bonchev–Trinajstić information content (AvgIpc) is 2.57. The van der Waals surface area contributed by atoms with Crippen molar-refractivity contribution < 1.29 is 14.3 Å². The van der Waals surface area contributed by atoms with Crippen molar-refractivity contribution >= 4 is 11.8 Å². The third-order valence-corrected chi connectivity index (χ3v) is 2.78. The number of amides is 2. The van der Waals surface area contributed by atoms with Crippen molar-refractivity contribution in [1.82, 2.24) is 4.90 Å². The molecule has 1 saturated heterocycles. The van der Waals surface area contributed by atoms with Crippen LogP contribution in [-0.2, 0) is 16.1 Å². The molecule has 0 aromatic heterocycles. The highest BCUT2D eigenvalue weighted by Gasteiger charge is 2.35. The summed E-state index contributed by atoms with van der Waals surface area (Å²) in [6, 6.07) is 6.55. The molecule has 17 heavy (non-hydrogen) atoms. The molecule has 90 valence electrons. The topological polar surface area (TPSA) is 72.6 Å². The molecule has 1 fully saturated rings. The number of nitrogens with zero attached hydrogens (tertiary/aromatic N) is 1. The van der Waals surface area contributed by atoms with E-state index in [1.54, 1.807) is 19.2 Å². The number of rotatable bonds is 3. The van der Waals surface area contributed by atoms with E-state index in [2.05, 4.69) is 0 Å². The maximum Gasteiger partial charge on any atom is 0.246 e. The van der Waals surface area contributed by atoms with Crippen molar-refractivity contribution in [1.29, 1.82) is 0 Å². The highest BCUT2D eigenvalue weighted by atomic mass is 16.5. The van der Waals surface area contributed by atoms with Crippen LogP contribution in [0.15, 0.2) is 24.3 Å². The van der Waals surface area contributed by atoms with Crippen molar-refractivity contribution in [2.45, 2.75) is 19.0 Å². The third-order valence-electron chi connectivity index (χ3n) is 2.78. The van der Waals surface area contributed by atoms with Gasteiger partial charge in [-0.25, -0.2) is 0 Å². The number of methoxy groups -OCH3 is 1. The van der Waals surface area contributed by atoms with Crippen LogP contribution in [0.25, 0.3) is 0 Å². The SMILES string of the molecule is COc1ccc(CN2C(=O)C[C@H](N)C2=O)cc1. The molecule has 0 radical (unpaired) electrons. The molecule has 0 saturated carbocycles. The lowest BCUT2D eigenvalue weighted by Gasteiger charge is -2.14. The van der Waals surface area contributed by atoms with Gasteiger partial charge < -0.3 is 10.5 Å². The second-order valence-electron chi connectivity index (χ2n) is 3.98. The second kappa shape index (κ2) is 4.55. The first-order valence-electron chi connectivity index (χ1n) is 5.34. The zero-order valence-corrected chi connectivity index (χ0v) is 9.55. The number of carbonyl (C=O) groups is 2. The molecule has 5 heteroatoms. The summed E-state index contributed by atoms with van der Waals surface area (Å²) in [5.41, 5.74) is 6.40. The van der Waals surface area contributed by atoms with Crippen LogP contribution in [0.1, 0.15) is 12.0 Å². The normalized spacial score (nSPS) is 19.9. The minimum Gasteiger partial charge on any atom is -0.497 e. The average molecular weight is 234 g/mol. The molecule has 2 rings (SSSR count). The molecule has 1 atom stereocenters. The number of hydrogen-bond donors (Lipinski definition) is 1. The molecule has 0 aliphatic carbocycles. The first-order valence-corrected chi connectivity index (χ1v) is 5.34. The monoisotopic (exact) mass is 234 g/mol. The standard InChI is InChI=1S/C12H14N2O3/c1-17-9-4-2-8(3-5-9)7-14-11(15)6-10(13)12(14)16/h2-5,10H,6-7,13H2,1H3/t10-/m0/s1. The Morgan fingerprint density at radius 1 is 1.35 bits per heavy atom. The van der Waals surface area contributed by atoms with Gasteiger partial charge >= 0.3 is 0 Å². The fraction of sp³-hybridized carbons (Fsp3) is 0.333. The van der Waals surface area contributed by atoms with Gasteiger partial charge in [0.15, 0.2) is 0 Å². The Morgan fingerprint density at radius 3 is 2.47 bits per heavy atom. The fourth-order valence-electron chi connectivity index (χ4n) is 1.79. The van der Waals surface area contributed by atoms with E-state index < -0.39 is 6.04 Å². The van der Waals surface area contributed by atoms with E-state index in [0.717, 1.165) is 11.3 Å². The highest BCUT2D eigenvalue weighted by molar-refractivity contribution is 6.05. The van der Waals surface area contributed by atoms with Gasteiger partial charge in [0.1, 0.15) is 5.75 Å². The summed E-state index contributed by atoms with van der Waals surface area (Å²) in [7, 11) is 1.58. The van der Waals surface area contributed by atoms with Crippen LogP contribution < -0.4 is 10.5 Å². The van der Waals surface area contributed by atoms with Crippen molar-refractivity contribution in [2.24, 2.45) is 5.73 Å². The van der Waals surface area contributed by atoms with Gasteiger partial charge in [0.2, 0.25) is 11.8 Å². The lowest BCUT2D eigenvalue weighted by Crippen LogP contribution is -2.34. The number of benzene rings is 1. The molecule has 1 aliphatic rings. The molecular formula is C12H14N2O3. The summed E-state index contributed by atoms with van der Waals surface area (Å²) >= 11 is 0. The highest BCUT2D eigenvalue weighted by Crippen LogP contribution is 2.17. The molecule has 0 spiro atoms. The van der Waals surface area contributed by atoms with E-state index in [1.165, 1.54) is 4.90 Å². The maximum atomic E-state index is 11.6. The van der Waals surface area contributed by atoms with Crippen molar-refractivity contribution in [3.63, 3.8) is 0 Å². The van der Waals surface area contributed by atoms with E-state index >= 15 is 0 Å². The molecule has 2 amide bonds. The minimum absolute atomic E-state index is 0.106. The van der Waals surface area contributed by atoms with E-state index in [0.29, 0.717) is 0 Å². The Morgan fingerprint density at radius 2 is 2.00 bits per heavy atom. The Bertz CT molecular complexity index is 442. The Labute approximate surface area is 99.2 Å². The molecule has 1 aromatic rings. The smallest absolute Gasteiger partial charge is 0.246 e. The summed E-state index contributed by atoms with van der Waals surface area (Å²) in [6.45, 7) is 0.273. The zero-order chi connectivity index (χ0) is 12.4. The molecule has 5 nitrogen and oxygen atoms in total. The van der Waals surface area contributed by atoms with Crippen LogP contribution in [0.3, 0.4) is 0 Å². The molecule has 0 unspecified atom stereocenters. The maximum absolute atomic E-state index is 11.6. The molecule has 1 aliphatic heterocycles. The number of likely N-dealkylation sites (tertiary alicyclic amines) is 1. The summed E-state index contributed by atoms with van der Waals surface area (Å²) < 4.78 is 5.03. The predicted molar refractivity (Wildman–Crippen MR) is 61.1 cm³/mol. The fourth-order valence-corrected chi connectivity index (χ4v) is 1.79. The van der Waals surface area contributed by atoms with E-state index in [1.807, 2.05) is 12.1 Å². The van der Waals surface area contributed by atoms with Crippen LogP contribution in [-0.4, -0.2) is 29.9 Å². The van der Waals surface area contributed by atoms with E-state index in [-0.39, 0.29) is 24.8 Å². The number of carbonyl (C=O) groups excluding carboxylic acids is 2. The van der Waals surface area contributed by atoms with Crippen LogP contribution in [0.4, 0.5) is 0 Å². The van der Waals surface area contributed by atoms with E-state index in [9.17, 15) is 9.59 Å². The summed E-state index contributed by atoms with van der Waals surface area (Å²) in [6.07, 6.45) is 0.106. The summed E-state index contributed by atoms with van der Waals surface area (Å²) in [5, 5.41) is 0. The van der Waals surface area contributed by atoms with Crippen molar-refractivity contribution in [3.05, 3.63) is 29.8 Å². The number of imide groups is 1. The van der Waals surface area contributed by atoms with Crippen LogP contribution >= 0.6 is 0 Å². The first kappa shape index (κ1) is 11.6. The van der Waals surface area contributed by atoms with Crippen LogP contribution in [0.5, 0.6) is 5.75 Å². The Kier molecular flexibility index (Phi) is 3.10. The van der Waals surface area contributed by atoms with Gasteiger partial charge in [0.05, 0.1) is 26.1 Å². The summed E-state index contributed by atoms with van der Waals surface area (Å²) in [4.78, 5) is 24.3. The second-order valence-corrected chi connectivity index (χ2v) is 3.98. The van der Waals surface area contributed by atoms with Crippen LogP contribution in [0, 0.1) is 0 Å². The largest absolute Gasteiger partial charge is 0.497 e. The van der Waals surface area contributed by atoms with Crippen molar-refractivity contribution in [3.8, 4) is 5.75 Å². The Balaban J connectivity index is 2.10. The van der Waals surface area contributed by atoms with Gasteiger partial charge in [0.25, 0.3) is 0 Å². The van der Waals surface area contributed by atoms with Gasteiger partial charge in [-0.2, -0.15) is 0 Å². The van der Waals surface area contributed by atoms with Crippen LogP contribution in [0.2, 0.25) is 0 Å². The molecular weight excluding hydrogens is 220 g/mol. The van der Waals surface area contributed by atoms with Crippen molar-refractivity contribution in [2.75, 3.05) is 7.11 Å². The number of ether oxygens (including phenoxy) is 1. The van der Waals surface area contributed by atoms with E-state index in [4.69, 9.17) is 10.5 Å². The van der Waals surface area contributed by atoms with Gasteiger partial charge in [-0.05, 0) is 17.7 Å². The van der Waals surface area contributed by atoms with Gasteiger partial charge in [-0.1, -0.05) is 12.1 Å². The quantitative estimate of drug-likeness (QED) is 0.762. The lowest BCUT2D eigenvalue weighted by atomic mass is 10.2. The Hall–Kier alpha value is -1.88. The molecule has 0 bridgehead atoms. The predicted octanol–water partition coefficient (Wildman–Crippen LogP) is 0.281. The molecule has 1 heterocycles. The molecule has 1 aromatic carbocycles. The number of hydrogen-bond acceptors (Lipinski definition) is 4.